The molecule has 1 saturated carbocycles. The fourth-order valence-corrected chi connectivity index (χ4v) is 4.08. The Morgan fingerprint density at radius 2 is 2.09 bits per heavy atom. The number of amides is 1. The Hall–Kier alpha value is -1.55. The molecule has 1 aromatic carbocycles. The van der Waals surface area contributed by atoms with Crippen LogP contribution in [0.25, 0.3) is 0 Å². The van der Waals surface area contributed by atoms with Gasteiger partial charge in [-0.3, -0.25) is 4.79 Å². The Bertz CT molecular complexity index is 557. The summed E-state index contributed by atoms with van der Waals surface area (Å²) in [6.07, 6.45) is 6.16. The van der Waals surface area contributed by atoms with Crippen LogP contribution in [0.3, 0.4) is 0 Å². The van der Waals surface area contributed by atoms with E-state index >= 15 is 0 Å². The molecule has 1 heterocycles. The van der Waals surface area contributed by atoms with Crippen LogP contribution in [0.15, 0.2) is 24.3 Å². The first kappa shape index (κ1) is 16.3. The molecule has 3 rings (SSSR count). The first-order valence-corrected chi connectivity index (χ1v) is 8.88. The molecule has 1 aliphatic carbocycles. The minimum absolute atomic E-state index is 0.220. The van der Waals surface area contributed by atoms with E-state index in [1.807, 2.05) is 0 Å². The van der Waals surface area contributed by atoms with Gasteiger partial charge < -0.3 is 15.5 Å². The summed E-state index contributed by atoms with van der Waals surface area (Å²) in [5.41, 5.74) is 8.60. The lowest BCUT2D eigenvalue weighted by molar-refractivity contribution is -0.133. The molecule has 4 nitrogen and oxygen atoms in total. The highest BCUT2D eigenvalue weighted by molar-refractivity contribution is 5.77. The van der Waals surface area contributed by atoms with Crippen molar-refractivity contribution in [1.82, 2.24) is 4.90 Å². The molecule has 1 unspecified atom stereocenters. The molecular weight excluding hydrogens is 286 g/mol. The Morgan fingerprint density at radius 3 is 2.78 bits per heavy atom. The first-order chi connectivity index (χ1) is 11.1. The van der Waals surface area contributed by atoms with Gasteiger partial charge in [0.2, 0.25) is 5.91 Å². The second-order valence-corrected chi connectivity index (χ2v) is 7.29. The van der Waals surface area contributed by atoms with E-state index in [2.05, 4.69) is 48.2 Å². The second-order valence-electron chi connectivity index (χ2n) is 7.29. The van der Waals surface area contributed by atoms with Crippen molar-refractivity contribution in [2.75, 3.05) is 25.5 Å². The number of carbonyl (C=O) groups is 1. The summed E-state index contributed by atoms with van der Waals surface area (Å²) in [7, 11) is 4.11. The van der Waals surface area contributed by atoms with Crippen molar-refractivity contribution in [3.63, 3.8) is 0 Å². The van der Waals surface area contributed by atoms with Crippen LogP contribution >= 0.6 is 0 Å². The SMILES string of the molecule is CN(C)c1cccc(C2CCCN2C(=O)C[C@@H]2CCC[C@H]2N)c1. The van der Waals surface area contributed by atoms with Crippen LogP contribution in [0.2, 0.25) is 0 Å². The molecule has 1 aromatic rings. The third kappa shape index (κ3) is 3.52. The van der Waals surface area contributed by atoms with Crippen molar-refractivity contribution in [2.24, 2.45) is 11.7 Å². The van der Waals surface area contributed by atoms with Crippen LogP contribution in [-0.4, -0.2) is 37.5 Å². The number of rotatable bonds is 4. The van der Waals surface area contributed by atoms with Crippen molar-refractivity contribution >= 4 is 11.6 Å². The molecule has 1 amide bonds. The molecule has 1 saturated heterocycles. The highest BCUT2D eigenvalue weighted by Gasteiger charge is 2.33. The summed E-state index contributed by atoms with van der Waals surface area (Å²) in [6.45, 7) is 0.887. The average Bonchev–Trinajstić information content (AvgIpc) is 3.17. The van der Waals surface area contributed by atoms with Crippen molar-refractivity contribution in [2.45, 2.75) is 50.6 Å². The van der Waals surface area contributed by atoms with Crippen molar-refractivity contribution < 1.29 is 4.79 Å². The van der Waals surface area contributed by atoms with E-state index < -0.39 is 0 Å². The third-order valence-electron chi connectivity index (χ3n) is 5.50. The minimum atomic E-state index is 0.220. The van der Waals surface area contributed by atoms with Crippen LogP contribution in [0.5, 0.6) is 0 Å². The number of nitrogens with two attached hydrogens (primary N) is 1. The highest BCUT2D eigenvalue weighted by Crippen LogP contribution is 2.35. The lowest BCUT2D eigenvalue weighted by Gasteiger charge is -2.28. The topological polar surface area (TPSA) is 49.6 Å². The van der Waals surface area contributed by atoms with E-state index in [1.54, 1.807) is 0 Å². The van der Waals surface area contributed by atoms with E-state index in [0.717, 1.165) is 32.2 Å². The molecule has 1 aliphatic heterocycles. The van der Waals surface area contributed by atoms with Gasteiger partial charge in [0.05, 0.1) is 6.04 Å². The fourth-order valence-electron chi connectivity index (χ4n) is 4.08. The Kier molecular flexibility index (Phi) is 4.90. The summed E-state index contributed by atoms with van der Waals surface area (Å²) < 4.78 is 0. The Morgan fingerprint density at radius 1 is 1.26 bits per heavy atom. The molecule has 0 radical (unpaired) electrons. The average molecular weight is 315 g/mol. The van der Waals surface area contributed by atoms with Gasteiger partial charge in [-0.1, -0.05) is 18.6 Å². The van der Waals surface area contributed by atoms with Gasteiger partial charge in [-0.25, -0.2) is 0 Å². The highest BCUT2D eigenvalue weighted by atomic mass is 16.2. The predicted molar refractivity (Wildman–Crippen MR) is 94.4 cm³/mol. The zero-order valence-corrected chi connectivity index (χ0v) is 14.4. The van der Waals surface area contributed by atoms with Gasteiger partial charge in [0, 0.05) is 38.8 Å². The maximum atomic E-state index is 12.8. The standard InChI is InChI=1S/C19H29N3O/c1-21(2)16-8-3-7-15(12-16)18-10-5-11-22(18)19(23)13-14-6-4-9-17(14)20/h3,7-8,12,14,17-18H,4-6,9-11,13,20H2,1-2H3/t14-,17+,18?/m0/s1. The number of carbonyl (C=O) groups excluding carboxylic acids is 1. The Balaban J connectivity index is 1.72. The van der Waals surface area contributed by atoms with Gasteiger partial charge in [0.15, 0.2) is 0 Å². The molecule has 2 fully saturated rings. The number of anilines is 1. The minimum Gasteiger partial charge on any atom is -0.378 e. The molecular formula is C19H29N3O. The van der Waals surface area contributed by atoms with E-state index in [4.69, 9.17) is 5.73 Å². The molecule has 2 N–H and O–H groups in total. The zero-order valence-electron chi connectivity index (χ0n) is 14.4. The molecule has 3 atom stereocenters. The molecule has 0 bridgehead atoms. The molecule has 2 aliphatic rings. The third-order valence-corrected chi connectivity index (χ3v) is 5.50. The summed E-state index contributed by atoms with van der Waals surface area (Å²) in [5.74, 6) is 0.682. The largest absolute Gasteiger partial charge is 0.378 e. The lowest BCUT2D eigenvalue weighted by Crippen LogP contribution is -2.35. The zero-order chi connectivity index (χ0) is 16.4. The number of nitrogens with zero attached hydrogens (tertiary/aromatic N) is 2. The maximum absolute atomic E-state index is 12.8. The molecule has 4 heteroatoms. The summed E-state index contributed by atoms with van der Waals surface area (Å²) in [6, 6.07) is 9.04. The fraction of sp³-hybridized carbons (Fsp3) is 0.632. The normalized spacial score (nSPS) is 27.4. The molecule has 23 heavy (non-hydrogen) atoms. The second kappa shape index (κ2) is 6.91. The van der Waals surface area contributed by atoms with Crippen LogP contribution in [0, 0.1) is 5.92 Å². The first-order valence-electron chi connectivity index (χ1n) is 8.88. The number of benzene rings is 1. The van der Waals surface area contributed by atoms with Gasteiger partial charge in [0.25, 0.3) is 0 Å². The number of hydrogen-bond donors (Lipinski definition) is 1. The van der Waals surface area contributed by atoms with E-state index in [-0.39, 0.29) is 12.1 Å². The Labute approximate surface area is 139 Å². The van der Waals surface area contributed by atoms with Crippen molar-refractivity contribution in [1.29, 1.82) is 0 Å². The predicted octanol–water partition coefficient (Wildman–Crippen LogP) is 2.93. The smallest absolute Gasteiger partial charge is 0.223 e. The summed E-state index contributed by atoms with van der Waals surface area (Å²) in [5, 5.41) is 0. The monoisotopic (exact) mass is 315 g/mol. The quantitative estimate of drug-likeness (QED) is 0.929. The summed E-state index contributed by atoms with van der Waals surface area (Å²) in [4.78, 5) is 17.0. The van der Waals surface area contributed by atoms with Crippen LogP contribution < -0.4 is 10.6 Å². The van der Waals surface area contributed by atoms with Gasteiger partial charge in [-0.05, 0) is 49.3 Å². The number of hydrogen-bond acceptors (Lipinski definition) is 3. The van der Waals surface area contributed by atoms with Crippen LogP contribution in [0.1, 0.15) is 50.1 Å². The van der Waals surface area contributed by atoms with Gasteiger partial charge in [-0.2, -0.15) is 0 Å². The lowest BCUT2D eigenvalue weighted by atomic mass is 9.98. The van der Waals surface area contributed by atoms with Crippen LogP contribution in [0.4, 0.5) is 5.69 Å². The van der Waals surface area contributed by atoms with Gasteiger partial charge in [0.1, 0.15) is 0 Å². The molecule has 0 spiro atoms. The van der Waals surface area contributed by atoms with E-state index in [9.17, 15) is 4.79 Å². The van der Waals surface area contributed by atoms with E-state index in [0.29, 0.717) is 18.2 Å². The molecule has 126 valence electrons. The van der Waals surface area contributed by atoms with Gasteiger partial charge >= 0.3 is 0 Å². The summed E-state index contributed by atoms with van der Waals surface area (Å²) >= 11 is 0. The number of likely N-dealkylation sites (tertiary alicyclic amines) is 1. The van der Waals surface area contributed by atoms with Gasteiger partial charge in [-0.15, -0.1) is 0 Å². The van der Waals surface area contributed by atoms with Crippen molar-refractivity contribution in [3.8, 4) is 0 Å². The van der Waals surface area contributed by atoms with Crippen molar-refractivity contribution in [3.05, 3.63) is 29.8 Å². The maximum Gasteiger partial charge on any atom is 0.223 e. The van der Waals surface area contributed by atoms with E-state index in [1.165, 1.54) is 17.7 Å². The molecule has 0 aromatic heterocycles. The van der Waals surface area contributed by atoms with Crippen LogP contribution in [-0.2, 0) is 4.79 Å².